The zero-order valence-corrected chi connectivity index (χ0v) is 4.02. The van der Waals surface area contributed by atoms with Gasteiger partial charge in [-0.2, -0.15) is 5.26 Å². The zero-order chi connectivity index (χ0) is 5.11. The summed E-state index contributed by atoms with van der Waals surface area (Å²) >= 11 is 0. The van der Waals surface area contributed by atoms with Crippen molar-refractivity contribution < 1.29 is 0 Å². The van der Waals surface area contributed by atoms with Crippen LogP contribution < -0.4 is 5.32 Å². The first-order valence-corrected chi connectivity index (χ1v) is 2.41. The highest BCUT2D eigenvalue weighted by Gasteiger charge is 2.11. The van der Waals surface area contributed by atoms with Gasteiger partial charge < -0.3 is 0 Å². The lowest BCUT2D eigenvalue weighted by Crippen LogP contribution is -2.15. The Morgan fingerprint density at radius 1 is 1.86 bits per heavy atom. The predicted molar refractivity (Wildman–Crippen MR) is 26.1 cm³/mol. The molecule has 1 rings (SSSR count). The third kappa shape index (κ3) is 0.908. The lowest BCUT2D eigenvalue weighted by Gasteiger charge is -1.91. The summed E-state index contributed by atoms with van der Waals surface area (Å²) in [6, 6.07) is 2.22. The summed E-state index contributed by atoms with van der Waals surface area (Å²) in [6.07, 6.45) is 2.02. The summed E-state index contributed by atoms with van der Waals surface area (Å²) in [5.41, 5.74) is 0. The van der Waals surface area contributed by atoms with Crippen LogP contribution in [0.15, 0.2) is 0 Å². The van der Waals surface area contributed by atoms with Gasteiger partial charge in [-0.05, 0) is 12.8 Å². The molecule has 37 valence electrons. The maximum absolute atomic E-state index is 8.23. The third-order valence-corrected chi connectivity index (χ3v) is 1.07. The van der Waals surface area contributed by atoms with Crippen molar-refractivity contribution in [3.05, 3.63) is 6.54 Å². The first kappa shape index (κ1) is 4.61. The number of rotatable bonds is 0. The van der Waals surface area contributed by atoms with Gasteiger partial charge in [0, 0.05) is 6.54 Å². The maximum atomic E-state index is 8.23. The van der Waals surface area contributed by atoms with E-state index in [9.17, 15) is 0 Å². The van der Waals surface area contributed by atoms with Crippen molar-refractivity contribution in [2.24, 2.45) is 0 Å². The molecule has 7 heavy (non-hydrogen) atoms. The molecule has 0 bridgehead atoms. The molecule has 1 unspecified atom stereocenters. The molecule has 0 spiro atoms. The second-order valence-corrected chi connectivity index (χ2v) is 1.63. The smallest absolute Gasteiger partial charge is 0.0956 e. The Hall–Kier alpha value is -0.550. The molecule has 1 aliphatic heterocycles. The zero-order valence-electron chi connectivity index (χ0n) is 4.02. The molecule has 2 heteroatoms. The summed E-state index contributed by atoms with van der Waals surface area (Å²) in [4.78, 5) is 0. The van der Waals surface area contributed by atoms with Crippen molar-refractivity contribution in [1.82, 2.24) is 5.32 Å². The maximum Gasteiger partial charge on any atom is 0.0956 e. The second kappa shape index (κ2) is 1.94. The van der Waals surface area contributed by atoms with Gasteiger partial charge in [-0.15, -0.1) is 0 Å². The van der Waals surface area contributed by atoms with Crippen molar-refractivity contribution in [2.45, 2.75) is 18.9 Å². The number of nitrogens with one attached hydrogen (secondary N) is 1. The van der Waals surface area contributed by atoms with Crippen LogP contribution in [-0.2, 0) is 0 Å². The first-order valence-electron chi connectivity index (χ1n) is 2.41. The summed E-state index contributed by atoms with van der Waals surface area (Å²) in [6.45, 7) is 1.94. The van der Waals surface area contributed by atoms with Crippen molar-refractivity contribution in [1.29, 1.82) is 5.26 Å². The van der Waals surface area contributed by atoms with Gasteiger partial charge in [0.25, 0.3) is 0 Å². The van der Waals surface area contributed by atoms with Gasteiger partial charge in [-0.3, -0.25) is 5.32 Å². The van der Waals surface area contributed by atoms with Crippen LogP contribution in [0.2, 0.25) is 0 Å². The van der Waals surface area contributed by atoms with E-state index in [2.05, 4.69) is 11.4 Å². The molecule has 1 radical (unpaired) electrons. The lowest BCUT2D eigenvalue weighted by atomic mass is 10.2. The van der Waals surface area contributed by atoms with Gasteiger partial charge in [-0.1, -0.05) is 0 Å². The summed E-state index contributed by atoms with van der Waals surface area (Å²) < 4.78 is 0. The fourth-order valence-corrected chi connectivity index (χ4v) is 0.661. The number of hydrogen-bond acceptors (Lipinski definition) is 2. The summed E-state index contributed by atoms with van der Waals surface area (Å²) in [5, 5.41) is 11.2. The first-order chi connectivity index (χ1) is 3.43. The van der Waals surface area contributed by atoms with Crippen molar-refractivity contribution in [2.75, 3.05) is 0 Å². The predicted octanol–water partition coefficient (Wildman–Crippen LogP) is 0.424. The minimum Gasteiger partial charge on any atom is -0.298 e. The van der Waals surface area contributed by atoms with Crippen LogP contribution in [0.3, 0.4) is 0 Å². The van der Waals surface area contributed by atoms with E-state index in [1.807, 2.05) is 6.54 Å². The van der Waals surface area contributed by atoms with Gasteiger partial charge >= 0.3 is 0 Å². The van der Waals surface area contributed by atoms with Crippen LogP contribution in [0.4, 0.5) is 0 Å². The largest absolute Gasteiger partial charge is 0.298 e. The highest BCUT2D eigenvalue weighted by atomic mass is 14.9. The Labute approximate surface area is 43.1 Å². The molecule has 1 aliphatic rings. The van der Waals surface area contributed by atoms with E-state index in [1.165, 1.54) is 0 Å². The minimum absolute atomic E-state index is 0.0972. The highest BCUT2D eigenvalue weighted by molar-refractivity contribution is 4.96. The molecule has 0 saturated carbocycles. The van der Waals surface area contributed by atoms with Gasteiger partial charge in [0.05, 0.1) is 12.1 Å². The van der Waals surface area contributed by atoms with E-state index in [0.717, 1.165) is 12.8 Å². The molecule has 0 aromatic heterocycles. The Bertz CT molecular complexity index is 86.7. The van der Waals surface area contributed by atoms with E-state index in [0.29, 0.717) is 0 Å². The Morgan fingerprint density at radius 2 is 2.71 bits per heavy atom. The fourth-order valence-electron chi connectivity index (χ4n) is 0.661. The second-order valence-electron chi connectivity index (χ2n) is 1.63. The van der Waals surface area contributed by atoms with Crippen LogP contribution in [0.1, 0.15) is 12.8 Å². The summed E-state index contributed by atoms with van der Waals surface area (Å²) in [5.74, 6) is 0. The molecule has 2 nitrogen and oxygen atoms in total. The quantitative estimate of drug-likeness (QED) is 0.473. The van der Waals surface area contributed by atoms with E-state index < -0.39 is 0 Å². The standard InChI is InChI=1S/C5H7N2/c6-4-5-2-1-3-7-5/h3,5,7H,1-2H2. The molecular weight excluding hydrogens is 88.1 g/mol. The molecule has 1 N–H and O–H groups in total. The molecule has 1 atom stereocenters. The normalized spacial score (nSPS) is 29.9. The molecule has 1 fully saturated rings. The van der Waals surface area contributed by atoms with Crippen molar-refractivity contribution >= 4 is 0 Å². The SMILES string of the molecule is N#CC1CC[CH]N1. The van der Waals surface area contributed by atoms with Crippen LogP contribution in [-0.4, -0.2) is 6.04 Å². The summed E-state index contributed by atoms with van der Waals surface area (Å²) in [7, 11) is 0. The van der Waals surface area contributed by atoms with Gasteiger partial charge in [0.15, 0.2) is 0 Å². The molecule has 1 saturated heterocycles. The third-order valence-electron chi connectivity index (χ3n) is 1.07. The fraction of sp³-hybridized carbons (Fsp3) is 0.600. The average Bonchev–Trinajstić information content (AvgIpc) is 2.14. The molecule has 1 heterocycles. The van der Waals surface area contributed by atoms with E-state index >= 15 is 0 Å². The van der Waals surface area contributed by atoms with Crippen molar-refractivity contribution in [3.63, 3.8) is 0 Å². The number of nitriles is 1. The number of hydrogen-bond donors (Lipinski definition) is 1. The monoisotopic (exact) mass is 95.1 g/mol. The number of nitrogens with zero attached hydrogens (tertiary/aromatic N) is 1. The molecule has 0 aliphatic carbocycles. The minimum atomic E-state index is 0.0972. The molecule has 0 aromatic carbocycles. The average molecular weight is 95.1 g/mol. The van der Waals surface area contributed by atoms with Crippen LogP contribution in [0, 0.1) is 17.9 Å². The van der Waals surface area contributed by atoms with E-state index in [1.54, 1.807) is 0 Å². The molecular formula is C5H7N2. The van der Waals surface area contributed by atoms with Gasteiger partial charge in [0.2, 0.25) is 0 Å². The Morgan fingerprint density at radius 3 is 3.00 bits per heavy atom. The Balaban J connectivity index is 2.31. The van der Waals surface area contributed by atoms with Crippen LogP contribution in [0.5, 0.6) is 0 Å². The van der Waals surface area contributed by atoms with E-state index in [4.69, 9.17) is 5.26 Å². The van der Waals surface area contributed by atoms with Gasteiger partial charge in [0.1, 0.15) is 0 Å². The Kier molecular flexibility index (Phi) is 1.28. The van der Waals surface area contributed by atoms with E-state index in [-0.39, 0.29) is 6.04 Å². The lowest BCUT2D eigenvalue weighted by molar-refractivity contribution is 0.760. The van der Waals surface area contributed by atoms with Crippen LogP contribution >= 0.6 is 0 Å². The van der Waals surface area contributed by atoms with Gasteiger partial charge in [-0.25, -0.2) is 0 Å². The highest BCUT2D eigenvalue weighted by Crippen LogP contribution is 2.05. The molecule has 0 aromatic rings. The topological polar surface area (TPSA) is 35.8 Å². The van der Waals surface area contributed by atoms with Crippen molar-refractivity contribution in [3.8, 4) is 6.07 Å². The van der Waals surface area contributed by atoms with Crippen LogP contribution in [0.25, 0.3) is 0 Å². The molecule has 0 amide bonds.